The Morgan fingerprint density at radius 2 is 2.12 bits per heavy atom. The standard InChI is InChI=1S/C13H20N2O2/c14-11-4-8-15(9-5-11)10-13(12(16)17)6-2-1-3-7-13/h1-3,6,11H,4-5,7-10,14H2,(H,16,17)/t13-/m0/s1. The minimum Gasteiger partial charge on any atom is -0.481 e. The summed E-state index contributed by atoms with van der Waals surface area (Å²) in [6.45, 7) is 2.41. The lowest BCUT2D eigenvalue weighted by Crippen LogP contribution is -2.47. The van der Waals surface area contributed by atoms with Crippen LogP contribution in [-0.2, 0) is 4.79 Å². The van der Waals surface area contributed by atoms with E-state index in [1.54, 1.807) is 0 Å². The number of nitrogens with two attached hydrogens (primary N) is 1. The average Bonchev–Trinajstić information content (AvgIpc) is 2.33. The summed E-state index contributed by atoms with van der Waals surface area (Å²) in [5, 5.41) is 9.43. The van der Waals surface area contributed by atoms with E-state index in [2.05, 4.69) is 4.90 Å². The smallest absolute Gasteiger partial charge is 0.315 e. The van der Waals surface area contributed by atoms with Gasteiger partial charge in [-0.1, -0.05) is 24.3 Å². The summed E-state index contributed by atoms with van der Waals surface area (Å²) in [5.41, 5.74) is 5.11. The van der Waals surface area contributed by atoms with E-state index < -0.39 is 11.4 Å². The Morgan fingerprint density at radius 3 is 2.65 bits per heavy atom. The van der Waals surface area contributed by atoms with Gasteiger partial charge >= 0.3 is 5.97 Å². The lowest BCUT2D eigenvalue weighted by atomic mass is 9.80. The zero-order chi connectivity index (χ0) is 12.3. The number of piperidine rings is 1. The van der Waals surface area contributed by atoms with Crippen LogP contribution in [0.5, 0.6) is 0 Å². The molecule has 4 heteroatoms. The highest BCUT2D eigenvalue weighted by Gasteiger charge is 2.38. The van der Waals surface area contributed by atoms with Crippen molar-refractivity contribution in [2.75, 3.05) is 19.6 Å². The van der Waals surface area contributed by atoms with Gasteiger partial charge in [0.15, 0.2) is 0 Å². The van der Waals surface area contributed by atoms with Crippen LogP contribution in [0.15, 0.2) is 24.3 Å². The van der Waals surface area contributed by atoms with E-state index >= 15 is 0 Å². The molecule has 2 aliphatic rings. The predicted octanol–water partition coefficient (Wildman–Crippen LogP) is 0.997. The molecular weight excluding hydrogens is 216 g/mol. The van der Waals surface area contributed by atoms with Gasteiger partial charge in [-0.05, 0) is 32.4 Å². The fourth-order valence-electron chi connectivity index (χ4n) is 2.52. The zero-order valence-corrected chi connectivity index (χ0v) is 10.0. The summed E-state index contributed by atoms with van der Waals surface area (Å²) in [7, 11) is 0. The molecule has 1 heterocycles. The first-order chi connectivity index (χ1) is 8.12. The number of allylic oxidation sites excluding steroid dienone is 3. The third-order valence-electron chi connectivity index (χ3n) is 3.71. The lowest BCUT2D eigenvalue weighted by molar-refractivity contribution is -0.147. The molecule has 0 bridgehead atoms. The van der Waals surface area contributed by atoms with Crippen molar-refractivity contribution < 1.29 is 9.90 Å². The maximum absolute atomic E-state index is 11.5. The average molecular weight is 236 g/mol. The quantitative estimate of drug-likeness (QED) is 0.767. The Kier molecular flexibility index (Phi) is 3.64. The van der Waals surface area contributed by atoms with Gasteiger partial charge in [0, 0.05) is 12.6 Å². The van der Waals surface area contributed by atoms with Gasteiger partial charge in [-0.25, -0.2) is 0 Å². The summed E-state index contributed by atoms with van der Waals surface area (Å²) in [4.78, 5) is 13.7. The van der Waals surface area contributed by atoms with Crippen LogP contribution in [-0.4, -0.2) is 41.7 Å². The SMILES string of the molecule is NC1CCN(C[C@]2(C(=O)O)C=CC=CC2)CC1. The molecule has 1 aliphatic heterocycles. The Balaban J connectivity index is 2.01. The minimum atomic E-state index is -0.740. The van der Waals surface area contributed by atoms with E-state index in [9.17, 15) is 9.90 Å². The van der Waals surface area contributed by atoms with Crippen LogP contribution in [0.4, 0.5) is 0 Å². The number of hydrogen-bond donors (Lipinski definition) is 2. The third-order valence-corrected chi connectivity index (χ3v) is 3.71. The molecule has 0 saturated carbocycles. The molecule has 0 spiro atoms. The first-order valence-electron chi connectivity index (χ1n) is 6.18. The molecule has 2 rings (SSSR count). The molecule has 0 amide bonds. The fourth-order valence-corrected chi connectivity index (χ4v) is 2.52. The number of rotatable bonds is 3. The second-order valence-corrected chi connectivity index (χ2v) is 5.07. The molecule has 1 saturated heterocycles. The monoisotopic (exact) mass is 236 g/mol. The molecule has 4 nitrogen and oxygen atoms in total. The predicted molar refractivity (Wildman–Crippen MR) is 66.6 cm³/mol. The number of likely N-dealkylation sites (tertiary alicyclic amines) is 1. The number of aliphatic carboxylic acids is 1. The topological polar surface area (TPSA) is 66.6 Å². The van der Waals surface area contributed by atoms with E-state index in [-0.39, 0.29) is 6.04 Å². The Morgan fingerprint density at radius 1 is 1.41 bits per heavy atom. The van der Waals surface area contributed by atoms with Gasteiger partial charge in [-0.2, -0.15) is 0 Å². The minimum absolute atomic E-state index is 0.286. The molecule has 0 aromatic carbocycles. The summed E-state index contributed by atoms with van der Waals surface area (Å²) in [5.74, 6) is -0.729. The van der Waals surface area contributed by atoms with Crippen LogP contribution in [0.1, 0.15) is 19.3 Å². The van der Waals surface area contributed by atoms with Gasteiger partial charge in [0.25, 0.3) is 0 Å². The van der Waals surface area contributed by atoms with E-state index in [0.29, 0.717) is 13.0 Å². The van der Waals surface area contributed by atoms with Crippen molar-refractivity contribution in [1.82, 2.24) is 4.90 Å². The summed E-state index contributed by atoms with van der Waals surface area (Å²) >= 11 is 0. The van der Waals surface area contributed by atoms with Crippen LogP contribution >= 0.6 is 0 Å². The summed E-state index contributed by atoms with van der Waals surface area (Å²) in [6, 6.07) is 0.286. The van der Waals surface area contributed by atoms with Crippen molar-refractivity contribution in [3.63, 3.8) is 0 Å². The molecule has 1 aliphatic carbocycles. The highest BCUT2D eigenvalue weighted by Crippen LogP contribution is 2.30. The highest BCUT2D eigenvalue weighted by atomic mass is 16.4. The van der Waals surface area contributed by atoms with Crippen LogP contribution in [0.25, 0.3) is 0 Å². The van der Waals surface area contributed by atoms with Gasteiger partial charge < -0.3 is 15.7 Å². The zero-order valence-electron chi connectivity index (χ0n) is 10.0. The van der Waals surface area contributed by atoms with Crippen LogP contribution in [0.3, 0.4) is 0 Å². The first kappa shape index (κ1) is 12.3. The van der Waals surface area contributed by atoms with E-state index in [1.165, 1.54) is 0 Å². The molecular formula is C13H20N2O2. The number of nitrogens with zero attached hydrogens (tertiary/aromatic N) is 1. The molecule has 0 aromatic heterocycles. The van der Waals surface area contributed by atoms with Crippen molar-refractivity contribution in [2.24, 2.45) is 11.1 Å². The second kappa shape index (κ2) is 5.02. The van der Waals surface area contributed by atoms with Crippen molar-refractivity contribution >= 4 is 5.97 Å². The molecule has 0 unspecified atom stereocenters. The highest BCUT2D eigenvalue weighted by molar-refractivity contribution is 5.78. The first-order valence-corrected chi connectivity index (χ1v) is 6.18. The van der Waals surface area contributed by atoms with Gasteiger partial charge in [0.05, 0.1) is 0 Å². The molecule has 94 valence electrons. The number of carboxylic acid groups (broad SMARTS) is 1. The molecule has 3 N–H and O–H groups in total. The van der Waals surface area contributed by atoms with Gasteiger partial charge in [-0.3, -0.25) is 4.79 Å². The summed E-state index contributed by atoms with van der Waals surface area (Å²) < 4.78 is 0. The Labute approximate surface area is 102 Å². The van der Waals surface area contributed by atoms with Crippen molar-refractivity contribution in [1.29, 1.82) is 0 Å². The van der Waals surface area contributed by atoms with Crippen LogP contribution < -0.4 is 5.73 Å². The van der Waals surface area contributed by atoms with Crippen LogP contribution in [0.2, 0.25) is 0 Å². The van der Waals surface area contributed by atoms with Gasteiger partial charge in [0.1, 0.15) is 5.41 Å². The maximum Gasteiger partial charge on any atom is 0.315 e. The molecule has 0 aromatic rings. The lowest BCUT2D eigenvalue weighted by Gasteiger charge is -2.36. The van der Waals surface area contributed by atoms with Gasteiger partial charge in [-0.15, -0.1) is 0 Å². The fraction of sp³-hybridized carbons (Fsp3) is 0.615. The molecule has 0 radical (unpaired) electrons. The third kappa shape index (κ3) is 2.76. The van der Waals surface area contributed by atoms with Crippen molar-refractivity contribution in [3.8, 4) is 0 Å². The maximum atomic E-state index is 11.5. The number of carbonyl (C=O) groups is 1. The largest absolute Gasteiger partial charge is 0.481 e. The normalized spacial score (nSPS) is 30.6. The van der Waals surface area contributed by atoms with E-state index in [0.717, 1.165) is 25.9 Å². The molecule has 17 heavy (non-hydrogen) atoms. The second-order valence-electron chi connectivity index (χ2n) is 5.07. The Hall–Kier alpha value is -1.13. The van der Waals surface area contributed by atoms with E-state index in [4.69, 9.17) is 5.73 Å². The van der Waals surface area contributed by atoms with E-state index in [1.807, 2.05) is 24.3 Å². The van der Waals surface area contributed by atoms with Crippen molar-refractivity contribution in [2.45, 2.75) is 25.3 Å². The summed E-state index contributed by atoms with van der Waals surface area (Å²) in [6.07, 6.45) is 10.0. The Bertz CT molecular complexity index is 343. The van der Waals surface area contributed by atoms with Gasteiger partial charge in [0.2, 0.25) is 0 Å². The van der Waals surface area contributed by atoms with Crippen molar-refractivity contribution in [3.05, 3.63) is 24.3 Å². The number of hydrogen-bond acceptors (Lipinski definition) is 3. The molecule has 1 atom stereocenters. The van der Waals surface area contributed by atoms with Crippen LogP contribution in [0, 0.1) is 5.41 Å². The number of carboxylic acids is 1. The molecule has 1 fully saturated rings.